The van der Waals surface area contributed by atoms with Gasteiger partial charge in [-0.15, -0.1) is 0 Å². The smallest absolute Gasteiger partial charge is 0.389 e. The summed E-state index contributed by atoms with van der Waals surface area (Å²) in [6, 6.07) is 0. The van der Waals surface area contributed by atoms with Gasteiger partial charge in [0.2, 0.25) is 0 Å². The van der Waals surface area contributed by atoms with E-state index in [9.17, 15) is 26.7 Å². The summed E-state index contributed by atoms with van der Waals surface area (Å²) < 4.78 is 64.0. The first kappa shape index (κ1) is 20.1. The van der Waals surface area contributed by atoms with Crippen molar-refractivity contribution in [3.05, 3.63) is 0 Å². The SMILES string of the molecule is CCCCC(CCCC(=O)O)C(F)(F)CCCC(F)(F)F. The van der Waals surface area contributed by atoms with Crippen LogP contribution in [-0.2, 0) is 4.79 Å². The number of hydrogen-bond acceptors (Lipinski definition) is 1. The first-order valence-electron chi connectivity index (χ1n) is 7.25. The molecule has 0 amide bonds. The lowest BCUT2D eigenvalue weighted by Gasteiger charge is -2.27. The number of carboxylic acids is 1. The first-order valence-corrected chi connectivity index (χ1v) is 7.25. The largest absolute Gasteiger partial charge is 0.481 e. The molecule has 0 bridgehead atoms. The van der Waals surface area contributed by atoms with Crippen molar-refractivity contribution in [3.8, 4) is 0 Å². The van der Waals surface area contributed by atoms with Crippen molar-refractivity contribution in [1.29, 1.82) is 0 Å². The predicted molar refractivity (Wildman–Crippen MR) is 69.4 cm³/mol. The second kappa shape index (κ2) is 9.20. The Morgan fingerprint density at radius 1 is 1.00 bits per heavy atom. The Balaban J connectivity index is 4.42. The Hall–Kier alpha value is -0.880. The van der Waals surface area contributed by atoms with Crippen LogP contribution in [0.3, 0.4) is 0 Å². The molecule has 0 spiro atoms. The number of rotatable bonds is 11. The third kappa shape index (κ3) is 10.5. The topological polar surface area (TPSA) is 37.3 Å². The highest BCUT2D eigenvalue weighted by molar-refractivity contribution is 5.66. The van der Waals surface area contributed by atoms with Crippen LogP contribution in [-0.4, -0.2) is 23.2 Å². The van der Waals surface area contributed by atoms with Gasteiger partial charge in [0, 0.05) is 25.2 Å². The van der Waals surface area contributed by atoms with Gasteiger partial charge >= 0.3 is 12.1 Å². The minimum atomic E-state index is -4.42. The van der Waals surface area contributed by atoms with Gasteiger partial charge in [-0.3, -0.25) is 4.79 Å². The van der Waals surface area contributed by atoms with Crippen molar-refractivity contribution in [1.82, 2.24) is 0 Å². The zero-order valence-corrected chi connectivity index (χ0v) is 12.2. The molecule has 1 atom stereocenters. The van der Waals surface area contributed by atoms with Gasteiger partial charge < -0.3 is 5.11 Å². The van der Waals surface area contributed by atoms with Crippen LogP contribution in [0.15, 0.2) is 0 Å². The molecule has 0 aromatic rings. The van der Waals surface area contributed by atoms with E-state index in [-0.39, 0.29) is 25.7 Å². The molecule has 0 fully saturated rings. The minimum absolute atomic E-state index is 0.0331. The number of alkyl halides is 5. The Bertz CT molecular complexity index is 302. The van der Waals surface area contributed by atoms with E-state index in [1.807, 2.05) is 6.92 Å². The standard InChI is InChI=1S/C14H23F5O2/c1-2-3-6-11(7-4-8-12(20)21)13(15,16)9-5-10-14(17,18)19/h11H,2-10H2,1H3,(H,20,21). The van der Waals surface area contributed by atoms with Crippen molar-refractivity contribution in [3.63, 3.8) is 0 Å². The fourth-order valence-corrected chi connectivity index (χ4v) is 2.25. The monoisotopic (exact) mass is 318 g/mol. The average molecular weight is 318 g/mol. The highest BCUT2D eigenvalue weighted by Gasteiger charge is 2.39. The van der Waals surface area contributed by atoms with Gasteiger partial charge in [-0.25, -0.2) is 8.78 Å². The number of unbranched alkanes of at least 4 members (excludes halogenated alkanes) is 1. The molecule has 0 aromatic carbocycles. The molecule has 0 aliphatic rings. The van der Waals surface area contributed by atoms with E-state index in [2.05, 4.69) is 0 Å². The lowest BCUT2D eigenvalue weighted by atomic mass is 9.87. The summed E-state index contributed by atoms with van der Waals surface area (Å²) in [6.07, 6.45) is -5.57. The van der Waals surface area contributed by atoms with E-state index in [1.54, 1.807) is 0 Å². The van der Waals surface area contributed by atoms with E-state index < -0.39 is 43.2 Å². The minimum Gasteiger partial charge on any atom is -0.481 e. The van der Waals surface area contributed by atoms with Gasteiger partial charge in [-0.1, -0.05) is 19.8 Å². The Kier molecular flexibility index (Phi) is 8.82. The lowest BCUT2D eigenvalue weighted by molar-refractivity contribution is -0.143. The predicted octanol–water partition coefficient (Wildman–Crippen LogP) is 5.42. The molecule has 7 heteroatoms. The Morgan fingerprint density at radius 2 is 1.57 bits per heavy atom. The van der Waals surface area contributed by atoms with E-state index in [4.69, 9.17) is 5.11 Å². The molecule has 0 aliphatic carbocycles. The molecular formula is C14H23F5O2. The fraction of sp³-hybridized carbons (Fsp3) is 0.929. The number of carbonyl (C=O) groups is 1. The zero-order valence-electron chi connectivity index (χ0n) is 12.2. The number of aliphatic carboxylic acids is 1. The number of hydrogen-bond donors (Lipinski definition) is 1. The molecular weight excluding hydrogens is 295 g/mol. The van der Waals surface area contributed by atoms with Crippen LogP contribution in [0.4, 0.5) is 22.0 Å². The van der Waals surface area contributed by atoms with Gasteiger partial charge in [0.25, 0.3) is 5.92 Å². The molecule has 0 heterocycles. The Labute approximate surface area is 121 Å². The van der Waals surface area contributed by atoms with Gasteiger partial charge in [0.1, 0.15) is 0 Å². The molecule has 1 N–H and O–H groups in total. The van der Waals surface area contributed by atoms with Gasteiger partial charge in [0.05, 0.1) is 0 Å². The van der Waals surface area contributed by atoms with Crippen molar-refractivity contribution >= 4 is 5.97 Å². The fourth-order valence-electron chi connectivity index (χ4n) is 2.25. The van der Waals surface area contributed by atoms with Gasteiger partial charge in [-0.05, 0) is 25.7 Å². The lowest BCUT2D eigenvalue weighted by Crippen LogP contribution is -2.29. The maximum absolute atomic E-state index is 14.0. The molecule has 0 aromatic heterocycles. The van der Waals surface area contributed by atoms with E-state index in [1.165, 1.54) is 0 Å². The van der Waals surface area contributed by atoms with Crippen molar-refractivity contribution in [2.75, 3.05) is 0 Å². The first-order chi connectivity index (χ1) is 9.58. The zero-order chi connectivity index (χ0) is 16.5. The molecule has 2 nitrogen and oxygen atoms in total. The third-order valence-corrected chi connectivity index (χ3v) is 3.42. The summed E-state index contributed by atoms with van der Waals surface area (Å²) in [4.78, 5) is 10.4. The Morgan fingerprint density at radius 3 is 2.05 bits per heavy atom. The molecule has 0 saturated carbocycles. The normalized spacial score (nSPS) is 14.2. The molecule has 21 heavy (non-hydrogen) atoms. The molecule has 0 radical (unpaired) electrons. The van der Waals surface area contributed by atoms with Crippen LogP contribution >= 0.6 is 0 Å². The van der Waals surface area contributed by atoms with Crippen LogP contribution in [0.1, 0.15) is 64.7 Å². The second-order valence-corrected chi connectivity index (χ2v) is 5.35. The summed E-state index contributed by atoms with van der Waals surface area (Å²) in [5.74, 6) is -5.26. The maximum atomic E-state index is 14.0. The summed E-state index contributed by atoms with van der Waals surface area (Å²) >= 11 is 0. The van der Waals surface area contributed by atoms with Crippen LogP contribution < -0.4 is 0 Å². The second-order valence-electron chi connectivity index (χ2n) is 5.35. The summed E-state index contributed by atoms with van der Waals surface area (Å²) in [5, 5.41) is 8.52. The maximum Gasteiger partial charge on any atom is 0.389 e. The van der Waals surface area contributed by atoms with Crippen molar-refractivity contribution < 1.29 is 31.9 Å². The van der Waals surface area contributed by atoms with Gasteiger partial charge in [0.15, 0.2) is 0 Å². The molecule has 0 rings (SSSR count). The summed E-state index contributed by atoms with van der Waals surface area (Å²) in [7, 11) is 0. The van der Waals surface area contributed by atoms with Crippen LogP contribution in [0.25, 0.3) is 0 Å². The van der Waals surface area contributed by atoms with E-state index >= 15 is 0 Å². The van der Waals surface area contributed by atoms with Crippen LogP contribution in [0.2, 0.25) is 0 Å². The van der Waals surface area contributed by atoms with Crippen molar-refractivity contribution in [2.24, 2.45) is 5.92 Å². The molecule has 126 valence electrons. The average Bonchev–Trinajstić information content (AvgIpc) is 2.30. The van der Waals surface area contributed by atoms with E-state index in [0.717, 1.165) is 0 Å². The quantitative estimate of drug-likeness (QED) is 0.517. The highest BCUT2D eigenvalue weighted by Crippen LogP contribution is 2.38. The molecule has 0 saturated heterocycles. The molecule has 1 unspecified atom stereocenters. The number of halogens is 5. The molecule has 0 aliphatic heterocycles. The van der Waals surface area contributed by atoms with Gasteiger partial charge in [-0.2, -0.15) is 13.2 Å². The van der Waals surface area contributed by atoms with Crippen molar-refractivity contribution in [2.45, 2.75) is 76.8 Å². The van der Waals surface area contributed by atoms with Crippen LogP contribution in [0.5, 0.6) is 0 Å². The summed E-state index contributed by atoms with van der Waals surface area (Å²) in [5.41, 5.74) is 0. The van der Waals surface area contributed by atoms with Crippen LogP contribution in [0, 0.1) is 5.92 Å². The third-order valence-electron chi connectivity index (χ3n) is 3.42. The summed E-state index contributed by atoms with van der Waals surface area (Å²) in [6.45, 7) is 1.84. The van der Waals surface area contributed by atoms with E-state index in [0.29, 0.717) is 12.8 Å². The number of carboxylic acid groups (broad SMARTS) is 1. The highest BCUT2D eigenvalue weighted by atomic mass is 19.4.